The number of nitrogens with zero attached hydrogens (tertiary/aromatic N) is 12. The van der Waals surface area contributed by atoms with E-state index in [0.29, 0.717) is 0 Å². The Morgan fingerprint density at radius 1 is 0.329 bits per heavy atom. The number of pyridine rings is 4. The van der Waals surface area contributed by atoms with Gasteiger partial charge in [0.25, 0.3) is 13.4 Å². The van der Waals surface area contributed by atoms with Gasteiger partial charge in [0.2, 0.25) is 0 Å². The molecule has 0 atom stereocenters. The first-order valence-corrected chi connectivity index (χ1v) is 28.2. The summed E-state index contributed by atoms with van der Waals surface area (Å²) >= 11 is 7.12. The maximum Gasteiger partial charge on any atom is 0.251 e. The van der Waals surface area contributed by atoms with Crippen molar-refractivity contribution in [3.8, 4) is 45.6 Å². The van der Waals surface area contributed by atoms with Crippen LogP contribution in [0.2, 0.25) is 0 Å². The largest absolute Gasteiger partial charge is 0.327 e. The van der Waals surface area contributed by atoms with Crippen LogP contribution in [0.15, 0.2) is 186 Å². The Balaban J connectivity index is 0.909. The van der Waals surface area contributed by atoms with Crippen molar-refractivity contribution in [1.82, 2.24) is 58.1 Å². The summed E-state index contributed by atoms with van der Waals surface area (Å²) in [5.41, 5.74) is 19.1. The summed E-state index contributed by atoms with van der Waals surface area (Å²) in [5.74, 6) is 3.50. The highest BCUT2D eigenvalue weighted by Gasteiger charge is 2.49. The number of aryl methyl sites for hydroxylation is 4. The Bertz CT molecular complexity index is 4180. The van der Waals surface area contributed by atoms with E-state index >= 15 is 0 Å². The van der Waals surface area contributed by atoms with E-state index in [1.807, 2.05) is 49.1 Å². The molecule has 4 aliphatic heterocycles. The van der Waals surface area contributed by atoms with Crippen LogP contribution < -0.4 is 32.8 Å². The minimum absolute atomic E-state index is 0.202. The van der Waals surface area contributed by atoms with Crippen LogP contribution in [0.25, 0.3) is 89.7 Å². The lowest BCUT2D eigenvalue weighted by Crippen LogP contribution is -2.63. The third-order valence-electron chi connectivity index (χ3n) is 15.7. The fourth-order valence-corrected chi connectivity index (χ4v) is 17.3. The molecule has 0 unspecified atom stereocenters. The minimum atomic E-state index is -0.202. The molecular formula is C58H36B2N12S4. The molecule has 12 nitrogen and oxygen atoms in total. The Hall–Kier alpha value is -7.89. The molecule has 12 heterocycles. The molecule has 5 aromatic carbocycles. The Morgan fingerprint density at radius 2 is 0.566 bits per heavy atom. The highest BCUT2D eigenvalue weighted by Crippen LogP contribution is 2.50. The molecule has 0 saturated heterocycles. The molecule has 0 amide bonds. The van der Waals surface area contributed by atoms with Crippen molar-refractivity contribution in [3.05, 3.63) is 146 Å². The molecule has 0 saturated carbocycles. The van der Waals surface area contributed by atoms with E-state index in [2.05, 4.69) is 144 Å². The summed E-state index contributed by atoms with van der Waals surface area (Å²) in [5, 5.41) is 3.87. The van der Waals surface area contributed by atoms with E-state index in [4.69, 9.17) is 39.9 Å². The van der Waals surface area contributed by atoms with Gasteiger partial charge in [-0.2, -0.15) is 0 Å². The average Bonchev–Trinajstić information content (AvgIpc) is 4.34. The minimum Gasteiger partial charge on any atom is -0.327 e. The first kappa shape index (κ1) is 43.4. The maximum atomic E-state index is 5.41. The van der Waals surface area contributed by atoms with Gasteiger partial charge in [-0.1, -0.05) is 120 Å². The topological polar surface area (TPSA) is 123 Å². The van der Waals surface area contributed by atoms with Gasteiger partial charge in [0, 0.05) is 94.8 Å². The highest BCUT2D eigenvalue weighted by atomic mass is 32.2. The molecule has 8 aromatic heterocycles. The van der Waals surface area contributed by atoms with Crippen LogP contribution in [0, 0.1) is 0 Å². The molecule has 17 rings (SSSR count). The second-order valence-electron chi connectivity index (χ2n) is 19.8. The zero-order chi connectivity index (χ0) is 50.2. The molecule has 358 valence electrons. The summed E-state index contributed by atoms with van der Waals surface area (Å²) in [6, 6.07) is 42.6. The zero-order valence-corrected chi connectivity index (χ0v) is 44.3. The van der Waals surface area contributed by atoms with Gasteiger partial charge in [0.1, 0.15) is 23.3 Å². The van der Waals surface area contributed by atoms with Crippen LogP contribution >= 0.6 is 47.0 Å². The van der Waals surface area contributed by atoms with Crippen molar-refractivity contribution >= 4 is 137 Å². The number of benzene rings is 5. The summed E-state index contributed by atoms with van der Waals surface area (Å²) in [6.07, 6.45) is 8.02. The number of rotatable bonds is 4. The average molecular weight is 1050 g/mol. The predicted octanol–water partition coefficient (Wildman–Crippen LogP) is 8.37. The summed E-state index contributed by atoms with van der Waals surface area (Å²) in [4.78, 5) is 47.2. The van der Waals surface area contributed by atoms with Gasteiger partial charge in [-0.3, -0.25) is 0 Å². The lowest BCUT2D eigenvalue weighted by Gasteiger charge is -2.40. The molecule has 0 radical (unpaired) electrons. The quantitative estimate of drug-likeness (QED) is 0.158. The molecule has 76 heavy (non-hydrogen) atoms. The number of hydrogen-bond donors (Lipinski definition) is 0. The molecule has 0 N–H and O–H groups in total. The number of para-hydroxylation sites is 8. The standard InChI is InChI=1S/C58H36B2N12S4/c1-69-41-17-9-5-13-37(41)65-51(69)29-21-33-55(61-25-29)73-47-45-48(74-56-34(59(33)45)22-30(26-62-56)52-66-38-14-6-10-18-42(38)70(52)2)50-46-49(47)75-57-35(23-31(27-63-57)53-67-39-15-7-11-19-43(39)71(53)3)60(46)36-24-32(28-64-58(36)76-50)54-68-40-16-8-12-20-44(40)72(54)4/h5-28H,1-4H3. The van der Waals surface area contributed by atoms with Crippen LogP contribution in [0.4, 0.5) is 0 Å². The molecule has 13 aromatic rings. The predicted molar refractivity (Wildman–Crippen MR) is 308 cm³/mol. The summed E-state index contributed by atoms with van der Waals surface area (Å²) < 4.78 is 8.71. The van der Waals surface area contributed by atoms with Crippen molar-refractivity contribution in [3.63, 3.8) is 0 Å². The van der Waals surface area contributed by atoms with Gasteiger partial charge in [-0.15, -0.1) is 0 Å². The smallest absolute Gasteiger partial charge is 0.251 e. The SMILES string of the molecule is Cn1c(-c2cnc3c(c2)B2c4cc(-c5nc6ccccc6n5C)cnc4Sc4c5c6c(c(c42)S3)Sc2ncc(-c3nc4ccccc4n3C)cc2B6c2cc(-c3nc4ccccc4n3C)cnc2S5)nc2ccccc21. The van der Waals surface area contributed by atoms with Crippen molar-refractivity contribution < 1.29 is 0 Å². The Labute approximate surface area is 452 Å². The Morgan fingerprint density at radius 3 is 0.803 bits per heavy atom. The molecule has 0 aliphatic carbocycles. The number of hydrogen-bond acceptors (Lipinski definition) is 12. The molecule has 18 heteroatoms. The van der Waals surface area contributed by atoms with Crippen LogP contribution in [0.3, 0.4) is 0 Å². The first-order valence-electron chi connectivity index (χ1n) is 24.9. The van der Waals surface area contributed by atoms with Gasteiger partial charge in [0.15, 0.2) is 0 Å². The zero-order valence-electron chi connectivity index (χ0n) is 41.0. The molecule has 0 fully saturated rings. The van der Waals surface area contributed by atoms with Crippen LogP contribution in [0.1, 0.15) is 0 Å². The van der Waals surface area contributed by atoms with Crippen molar-refractivity contribution in [2.75, 3.05) is 0 Å². The summed E-state index contributed by atoms with van der Waals surface area (Å²) in [6.45, 7) is -0.405. The first-order chi connectivity index (χ1) is 37.3. The highest BCUT2D eigenvalue weighted by molar-refractivity contribution is 8.05. The van der Waals surface area contributed by atoms with Gasteiger partial charge in [-0.05, 0) is 81.3 Å². The number of fused-ring (bicyclic) bond motifs is 14. The number of imidazole rings is 4. The third-order valence-corrected chi connectivity index (χ3v) is 20.6. The van der Waals surface area contributed by atoms with Crippen LogP contribution in [-0.4, -0.2) is 71.6 Å². The van der Waals surface area contributed by atoms with Crippen molar-refractivity contribution in [1.29, 1.82) is 0 Å². The van der Waals surface area contributed by atoms with Gasteiger partial charge in [-0.25, -0.2) is 39.9 Å². The van der Waals surface area contributed by atoms with Crippen molar-refractivity contribution in [2.24, 2.45) is 28.2 Å². The van der Waals surface area contributed by atoms with Gasteiger partial charge >= 0.3 is 0 Å². The lowest BCUT2D eigenvalue weighted by molar-refractivity contribution is 0.954. The van der Waals surface area contributed by atoms with E-state index < -0.39 is 0 Å². The molecule has 0 bridgehead atoms. The van der Waals surface area contributed by atoms with Gasteiger partial charge in [0.05, 0.1) is 64.2 Å². The summed E-state index contributed by atoms with van der Waals surface area (Å²) in [7, 11) is 8.37. The normalized spacial score (nSPS) is 13.8. The lowest BCUT2D eigenvalue weighted by atomic mass is 9.34. The van der Waals surface area contributed by atoms with E-state index in [-0.39, 0.29) is 13.4 Å². The second-order valence-corrected chi connectivity index (χ2v) is 23.8. The molecule has 4 aliphatic rings. The molecule has 0 spiro atoms. The van der Waals surface area contributed by atoms with Gasteiger partial charge < -0.3 is 18.3 Å². The monoisotopic (exact) mass is 1050 g/mol. The third kappa shape index (κ3) is 6.00. The number of aromatic nitrogens is 12. The molecular weight excluding hydrogens is 1010 g/mol. The van der Waals surface area contributed by atoms with E-state index in [1.165, 1.54) is 30.5 Å². The van der Waals surface area contributed by atoms with Crippen molar-refractivity contribution in [2.45, 2.75) is 39.7 Å². The van der Waals surface area contributed by atoms with E-state index in [1.54, 1.807) is 47.0 Å². The van der Waals surface area contributed by atoms with Crippen LogP contribution in [-0.2, 0) is 28.2 Å². The van der Waals surface area contributed by atoms with Crippen LogP contribution in [0.5, 0.6) is 0 Å². The van der Waals surface area contributed by atoms with E-state index in [9.17, 15) is 0 Å². The fourth-order valence-electron chi connectivity index (χ4n) is 12.1. The maximum absolute atomic E-state index is 5.41. The Kier molecular flexibility index (Phi) is 9.03. The second kappa shape index (κ2) is 15.8. The van der Waals surface area contributed by atoms with E-state index in [0.717, 1.165) is 132 Å². The fraction of sp³-hybridized carbons (Fsp3) is 0.0690.